The smallest absolute Gasteiger partial charge is 0.261 e. The zero-order chi connectivity index (χ0) is 25.1. The summed E-state index contributed by atoms with van der Waals surface area (Å²) in [4.78, 5) is 29.0. The molecule has 8 nitrogen and oxygen atoms in total. The lowest BCUT2D eigenvalue weighted by Gasteiger charge is -2.03. The predicted octanol–water partition coefficient (Wildman–Crippen LogP) is 5.45. The number of nitrogens with zero attached hydrogens (tertiary/aromatic N) is 3. The number of aromatic nitrogens is 3. The monoisotopic (exact) mass is 497 g/mol. The second-order valence-corrected chi connectivity index (χ2v) is 9.07. The first-order valence-corrected chi connectivity index (χ1v) is 12.2. The Kier molecular flexibility index (Phi) is 6.46. The quantitative estimate of drug-likeness (QED) is 0.311. The lowest BCUT2D eigenvalue weighted by molar-refractivity contribution is -0.119. The van der Waals surface area contributed by atoms with Crippen molar-refractivity contribution in [2.75, 3.05) is 5.32 Å². The number of benzene rings is 2. The van der Waals surface area contributed by atoms with Gasteiger partial charge in [0.15, 0.2) is 10.9 Å². The Morgan fingerprint density at radius 2 is 1.89 bits per heavy atom. The topological polar surface area (TPSA) is 102 Å². The zero-order valence-electron chi connectivity index (χ0n) is 19.7. The minimum atomic E-state index is -0.305. The number of furan rings is 1. The van der Waals surface area contributed by atoms with Gasteiger partial charge < -0.3 is 9.73 Å². The Hall–Kier alpha value is -4.50. The molecule has 9 heteroatoms. The van der Waals surface area contributed by atoms with Crippen molar-refractivity contribution in [2.24, 2.45) is 0 Å². The Morgan fingerprint density at radius 3 is 2.67 bits per heavy atom. The highest BCUT2D eigenvalue weighted by Gasteiger charge is 2.20. The van der Waals surface area contributed by atoms with Crippen LogP contribution in [0.3, 0.4) is 0 Å². The number of hydrogen-bond donors (Lipinski definition) is 2. The van der Waals surface area contributed by atoms with Crippen LogP contribution in [0.5, 0.6) is 0 Å². The number of anilines is 1. The molecule has 3 heterocycles. The van der Waals surface area contributed by atoms with Crippen molar-refractivity contribution in [2.45, 2.75) is 20.4 Å². The summed E-state index contributed by atoms with van der Waals surface area (Å²) < 4.78 is 7.47. The number of rotatable bonds is 7. The Labute approximate surface area is 211 Å². The summed E-state index contributed by atoms with van der Waals surface area (Å²) in [7, 11) is 0. The normalized spacial score (nSPS) is 10.8. The molecule has 0 saturated carbocycles. The third-order valence-corrected chi connectivity index (χ3v) is 6.18. The summed E-state index contributed by atoms with van der Waals surface area (Å²) in [5.41, 5.74) is 4.42. The molecule has 0 aliphatic heterocycles. The van der Waals surface area contributed by atoms with E-state index in [2.05, 4.69) is 15.6 Å². The standard InChI is InChI=1S/C27H23N5O3S/c1-17-7-6-8-19(13-17)25-22(15-32(31-25)20-9-4-3-5-10-20)26(34)30-27-29-23(16-36-27)24-12-11-21(35-24)14-28-18(2)33/h3-13,15-16H,14H2,1-2H3,(H,28,33)(H,29,30,34). The first kappa shape index (κ1) is 23.3. The van der Waals surface area contributed by atoms with Crippen LogP contribution in [-0.4, -0.2) is 26.6 Å². The van der Waals surface area contributed by atoms with Gasteiger partial charge in [-0.1, -0.05) is 42.0 Å². The number of nitrogens with one attached hydrogen (secondary N) is 2. The van der Waals surface area contributed by atoms with E-state index in [0.717, 1.165) is 16.8 Å². The van der Waals surface area contributed by atoms with E-state index in [1.807, 2.05) is 66.9 Å². The first-order chi connectivity index (χ1) is 17.5. The van der Waals surface area contributed by atoms with E-state index in [4.69, 9.17) is 9.52 Å². The molecule has 0 fully saturated rings. The van der Waals surface area contributed by atoms with Crippen molar-refractivity contribution in [1.82, 2.24) is 20.1 Å². The molecule has 0 saturated heterocycles. The van der Waals surface area contributed by atoms with Gasteiger partial charge in [-0.05, 0) is 37.3 Å². The molecular weight excluding hydrogens is 474 g/mol. The number of amides is 2. The highest BCUT2D eigenvalue weighted by Crippen LogP contribution is 2.29. The van der Waals surface area contributed by atoms with E-state index in [1.54, 1.807) is 23.0 Å². The van der Waals surface area contributed by atoms with Crippen molar-refractivity contribution < 1.29 is 14.0 Å². The Balaban J connectivity index is 1.41. The minimum absolute atomic E-state index is 0.132. The molecule has 5 rings (SSSR count). The highest BCUT2D eigenvalue weighted by molar-refractivity contribution is 7.14. The van der Waals surface area contributed by atoms with Gasteiger partial charge >= 0.3 is 0 Å². The fourth-order valence-electron chi connectivity index (χ4n) is 3.69. The molecule has 2 N–H and O–H groups in total. The molecule has 36 heavy (non-hydrogen) atoms. The molecule has 0 aliphatic carbocycles. The van der Waals surface area contributed by atoms with Crippen LogP contribution >= 0.6 is 11.3 Å². The third kappa shape index (κ3) is 5.11. The van der Waals surface area contributed by atoms with Crippen molar-refractivity contribution in [3.05, 3.63) is 95.2 Å². The number of carbonyl (C=O) groups excluding carboxylic acids is 2. The highest BCUT2D eigenvalue weighted by atomic mass is 32.1. The summed E-state index contributed by atoms with van der Waals surface area (Å²) in [6.45, 7) is 3.76. The van der Waals surface area contributed by atoms with Crippen LogP contribution < -0.4 is 10.6 Å². The summed E-state index contributed by atoms with van der Waals surface area (Å²) >= 11 is 1.30. The minimum Gasteiger partial charge on any atom is -0.458 e. The van der Waals surface area contributed by atoms with Crippen molar-refractivity contribution in [3.8, 4) is 28.4 Å². The summed E-state index contributed by atoms with van der Waals surface area (Å²) in [5, 5.41) is 12.6. The molecular formula is C27H23N5O3S. The molecule has 0 atom stereocenters. The second kappa shape index (κ2) is 10.0. The molecule has 2 amide bonds. The number of aryl methyl sites for hydroxylation is 1. The van der Waals surface area contributed by atoms with E-state index in [-0.39, 0.29) is 11.8 Å². The summed E-state index contributed by atoms with van der Waals surface area (Å²) in [6, 6.07) is 21.1. The lowest BCUT2D eigenvalue weighted by atomic mass is 10.1. The van der Waals surface area contributed by atoms with Gasteiger partial charge in [0.25, 0.3) is 5.91 Å². The fraction of sp³-hybridized carbons (Fsp3) is 0.111. The molecule has 0 radical (unpaired) electrons. The number of thiazole rings is 1. The Morgan fingerprint density at radius 1 is 1.06 bits per heavy atom. The molecule has 0 aliphatic rings. The maximum Gasteiger partial charge on any atom is 0.261 e. The van der Waals surface area contributed by atoms with Gasteiger partial charge in [0.1, 0.15) is 17.1 Å². The van der Waals surface area contributed by atoms with E-state index in [0.29, 0.717) is 40.1 Å². The van der Waals surface area contributed by atoms with Crippen LogP contribution in [0.15, 0.2) is 82.7 Å². The van der Waals surface area contributed by atoms with E-state index < -0.39 is 0 Å². The molecule has 0 unspecified atom stereocenters. The van der Waals surface area contributed by atoms with Crippen molar-refractivity contribution in [1.29, 1.82) is 0 Å². The lowest BCUT2D eigenvalue weighted by Crippen LogP contribution is -2.18. The van der Waals surface area contributed by atoms with Crippen LogP contribution in [0.2, 0.25) is 0 Å². The molecule has 3 aromatic heterocycles. The van der Waals surface area contributed by atoms with Gasteiger partial charge in [0, 0.05) is 24.1 Å². The summed E-state index contributed by atoms with van der Waals surface area (Å²) in [5.74, 6) is 0.743. The molecule has 0 spiro atoms. The van der Waals surface area contributed by atoms with Crippen LogP contribution in [0, 0.1) is 6.92 Å². The van der Waals surface area contributed by atoms with Gasteiger partial charge in [-0.15, -0.1) is 11.3 Å². The Bertz CT molecular complexity index is 1530. The third-order valence-electron chi connectivity index (χ3n) is 5.42. The van der Waals surface area contributed by atoms with Crippen LogP contribution in [0.25, 0.3) is 28.4 Å². The SMILES string of the molecule is CC(=O)NCc1ccc(-c2csc(NC(=O)c3cn(-c4ccccc4)nc3-c3cccc(C)c3)n2)o1. The van der Waals surface area contributed by atoms with E-state index in [1.165, 1.54) is 18.3 Å². The summed E-state index contributed by atoms with van der Waals surface area (Å²) in [6.07, 6.45) is 1.73. The zero-order valence-corrected chi connectivity index (χ0v) is 20.5. The van der Waals surface area contributed by atoms with Crippen LogP contribution in [-0.2, 0) is 11.3 Å². The van der Waals surface area contributed by atoms with Crippen molar-refractivity contribution in [3.63, 3.8) is 0 Å². The average molecular weight is 498 g/mol. The average Bonchev–Trinajstić information content (AvgIpc) is 3.63. The van der Waals surface area contributed by atoms with Crippen LogP contribution in [0.1, 0.15) is 28.6 Å². The van der Waals surface area contributed by atoms with Crippen LogP contribution in [0.4, 0.5) is 5.13 Å². The van der Waals surface area contributed by atoms with Gasteiger partial charge in [0.2, 0.25) is 5.91 Å². The second-order valence-electron chi connectivity index (χ2n) is 8.21. The fourth-order valence-corrected chi connectivity index (χ4v) is 4.38. The molecule has 180 valence electrons. The van der Waals surface area contributed by atoms with Gasteiger partial charge in [-0.3, -0.25) is 14.9 Å². The molecule has 2 aromatic carbocycles. The largest absolute Gasteiger partial charge is 0.458 e. The van der Waals surface area contributed by atoms with Gasteiger partial charge in [-0.2, -0.15) is 5.10 Å². The maximum absolute atomic E-state index is 13.4. The van der Waals surface area contributed by atoms with Gasteiger partial charge in [-0.25, -0.2) is 9.67 Å². The van der Waals surface area contributed by atoms with Crippen molar-refractivity contribution >= 4 is 28.3 Å². The molecule has 0 bridgehead atoms. The van der Waals surface area contributed by atoms with E-state index in [9.17, 15) is 9.59 Å². The number of hydrogen-bond acceptors (Lipinski definition) is 6. The van der Waals surface area contributed by atoms with Gasteiger partial charge in [0.05, 0.1) is 17.8 Å². The molecule has 5 aromatic rings. The first-order valence-electron chi connectivity index (χ1n) is 11.3. The predicted molar refractivity (Wildman–Crippen MR) is 139 cm³/mol. The number of carbonyl (C=O) groups is 2. The van der Waals surface area contributed by atoms with E-state index >= 15 is 0 Å². The number of para-hydroxylation sites is 1. The maximum atomic E-state index is 13.4.